The molecule has 20 heavy (non-hydrogen) atoms. The Labute approximate surface area is 124 Å². The van der Waals surface area contributed by atoms with Gasteiger partial charge in [0.2, 0.25) is 0 Å². The van der Waals surface area contributed by atoms with Crippen LogP contribution in [0, 0.1) is 22.7 Å². The van der Waals surface area contributed by atoms with Crippen molar-refractivity contribution in [3.63, 3.8) is 0 Å². The summed E-state index contributed by atoms with van der Waals surface area (Å²) in [5.74, 6) is 1.59. The second-order valence-electron chi connectivity index (χ2n) is 8.26. The first-order chi connectivity index (χ1) is 9.40. The summed E-state index contributed by atoms with van der Waals surface area (Å²) in [6, 6.07) is 0. The van der Waals surface area contributed by atoms with Gasteiger partial charge in [0.1, 0.15) is 0 Å². The Hall–Kier alpha value is -0.0800. The van der Waals surface area contributed by atoms with E-state index >= 15 is 0 Å². The number of ether oxygens (including phenoxy) is 2. The SMILES string of the molecule is CCCC[C@H](C)O[C@H]1C[C@@H]2[C@H]3CC[C@@](C)([C@@H]2O1)C3(C)C. The highest BCUT2D eigenvalue weighted by Gasteiger charge is 2.69. The maximum absolute atomic E-state index is 6.39. The van der Waals surface area contributed by atoms with Crippen LogP contribution in [0.5, 0.6) is 0 Å². The standard InChI is InChI=1S/C18H32O2/c1-6-7-8-12(2)19-15-11-13-14-9-10-18(5,16(13)20-15)17(14,3)4/h12-16H,6-11H2,1-5H3/t12-,13+,14+,15+,16+,18-/m0/s1. The number of rotatable bonds is 5. The minimum atomic E-state index is 0.0629. The zero-order valence-corrected chi connectivity index (χ0v) is 13.9. The number of hydrogen-bond acceptors (Lipinski definition) is 2. The lowest BCUT2D eigenvalue weighted by atomic mass is 9.70. The van der Waals surface area contributed by atoms with Gasteiger partial charge in [-0.3, -0.25) is 0 Å². The molecule has 0 spiro atoms. The quantitative estimate of drug-likeness (QED) is 0.722. The second-order valence-corrected chi connectivity index (χ2v) is 8.26. The zero-order chi connectivity index (χ0) is 14.5. The van der Waals surface area contributed by atoms with Crippen molar-refractivity contribution in [2.75, 3.05) is 0 Å². The molecular formula is C18H32O2. The fraction of sp³-hybridized carbons (Fsp3) is 1.00. The first-order valence-electron chi connectivity index (χ1n) is 8.71. The van der Waals surface area contributed by atoms with Gasteiger partial charge in [-0.15, -0.1) is 0 Å². The average Bonchev–Trinajstić information content (AvgIpc) is 2.93. The second kappa shape index (κ2) is 4.98. The van der Waals surface area contributed by atoms with Gasteiger partial charge in [-0.2, -0.15) is 0 Å². The number of fused-ring (bicyclic) bond motifs is 5. The van der Waals surface area contributed by atoms with Crippen LogP contribution in [0.2, 0.25) is 0 Å². The van der Waals surface area contributed by atoms with Gasteiger partial charge in [-0.05, 0) is 48.9 Å². The Kier molecular flexibility index (Phi) is 3.70. The Balaban J connectivity index is 1.62. The van der Waals surface area contributed by atoms with Gasteiger partial charge in [0.25, 0.3) is 0 Å². The predicted molar refractivity (Wildman–Crippen MR) is 81.5 cm³/mol. The highest BCUT2D eigenvalue weighted by Crippen LogP contribution is 2.71. The van der Waals surface area contributed by atoms with Gasteiger partial charge in [-0.25, -0.2) is 0 Å². The van der Waals surface area contributed by atoms with Gasteiger partial charge in [-0.1, -0.05) is 40.5 Å². The number of hydrogen-bond donors (Lipinski definition) is 0. The van der Waals surface area contributed by atoms with Crippen molar-refractivity contribution in [3.8, 4) is 0 Å². The van der Waals surface area contributed by atoms with E-state index in [1.54, 1.807) is 0 Å². The highest BCUT2D eigenvalue weighted by molar-refractivity contribution is 5.16. The van der Waals surface area contributed by atoms with Gasteiger partial charge >= 0.3 is 0 Å². The summed E-state index contributed by atoms with van der Waals surface area (Å²) in [5, 5.41) is 0. The van der Waals surface area contributed by atoms with Gasteiger partial charge < -0.3 is 9.47 Å². The first-order valence-corrected chi connectivity index (χ1v) is 8.71. The molecule has 0 amide bonds. The molecule has 1 heterocycles. The molecule has 0 radical (unpaired) electrons. The molecule has 3 fully saturated rings. The normalized spacial score (nSPS) is 46.6. The lowest BCUT2D eigenvalue weighted by Crippen LogP contribution is -2.38. The van der Waals surface area contributed by atoms with E-state index in [0.29, 0.717) is 23.0 Å². The van der Waals surface area contributed by atoms with E-state index in [4.69, 9.17) is 9.47 Å². The molecule has 0 aromatic carbocycles. The minimum Gasteiger partial charge on any atom is -0.350 e. The summed E-state index contributed by atoms with van der Waals surface area (Å²) in [4.78, 5) is 0. The van der Waals surface area contributed by atoms with Crippen LogP contribution in [0.1, 0.15) is 73.1 Å². The molecule has 1 saturated heterocycles. The van der Waals surface area contributed by atoms with Crippen molar-refractivity contribution < 1.29 is 9.47 Å². The summed E-state index contributed by atoms with van der Waals surface area (Å²) in [6.45, 7) is 11.8. The summed E-state index contributed by atoms with van der Waals surface area (Å²) in [7, 11) is 0. The fourth-order valence-corrected chi connectivity index (χ4v) is 5.39. The molecule has 2 nitrogen and oxygen atoms in total. The average molecular weight is 280 g/mol. The van der Waals surface area contributed by atoms with Crippen LogP contribution in [0.3, 0.4) is 0 Å². The molecule has 2 aliphatic carbocycles. The summed E-state index contributed by atoms with van der Waals surface area (Å²) >= 11 is 0. The van der Waals surface area contributed by atoms with E-state index in [9.17, 15) is 0 Å². The molecule has 3 aliphatic rings. The fourth-order valence-electron chi connectivity index (χ4n) is 5.39. The van der Waals surface area contributed by atoms with Crippen LogP contribution in [-0.2, 0) is 9.47 Å². The highest BCUT2D eigenvalue weighted by atomic mass is 16.7. The van der Waals surface area contributed by atoms with Crippen molar-refractivity contribution in [3.05, 3.63) is 0 Å². The van der Waals surface area contributed by atoms with E-state index in [0.717, 1.165) is 24.7 Å². The third-order valence-corrected chi connectivity index (χ3v) is 7.02. The van der Waals surface area contributed by atoms with Crippen LogP contribution >= 0.6 is 0 Å². The van der Waals surface area contributed by atoms with Gasteiger partial charge in [0.15, 0.2) is 6.29 Å². The van der Waals surface area contributed by atoms with Crippen LogP contribution in [0.4, 0.5) is 0 Å². The minimum absolute atomic E-state index is 0.0629. The van der Waals surface area contributed by atoms with E-state index in [-0.39, 0.29) is 6.29 Å². The Morgan fingerprint density at radius 2 is 2.05 bits per heavy atom. The van der Waals surface area contributed by atoms with E-state index in [1.165, 1.54) is 25.7 Å². The summed E-state index contributed by atoms with van der Waals surface area (Å²) in [6.07, 6.45) is 8.39. The lowest BCUT2D eigenvalue weighted by Gasteiger charge is -2.38. The molecule has 0 unspecified atom stereocenters. The van der Waals surface area contributed by atoms with Crippen molar-refractivity contribution in [1.82, 2.24) is 0 Å². The molecule has 6 atom stereocenters. The molecule has 2 saturated carbocycles. The molecule has 0 aromatic rings. The Morgan fingerprint density at radius 1 is 1.30 bits per heavy atom. The van der Waals surface area contributed by atoms with Crippen LogP contribution in [0.15, 0.2) is 0 Å². The van der Waals surface area contributed by atoms with E-state index in [1.807, 2.05) is 0 Å². The van der Waals surface area contributed by atoms with E-state index in [2.05, 4.69) is 34.6 Å². The zero-order valence-electron chi connectivity index (χ0n) is 13.9. The molecule has 3 rings (SSSR count). The molecule has 0 aromatic heterocycles. The molecule has 2 bridgehead atoms. The van der Waals surface area contributed by atoms with Crippen molar-refractivity contribution in [1.29, 1.82) is 0 Å². The van der Waals surface area contributed by atoms with Crippen molar-refractivity contribution in [2.45, 2.75) is 91.6 Å². The maximum Gasteiger partial charge on any atom is 0.158 e. The van der Waals surface area contributed by atoms with Crippen LogP contribution in [0.25, 0.3) is 0 Å². The monoisotopic (exact) mass is 280 g/mol. The largest absolute Gasteiger partial charge is 0.350 e. The Morgan fingerprint density at radius 3 is 2.70 bits per heavy atom. The molecule has 116 valence electrons. The number of unbranched alkanes of at least 4 members (excludes halogenated alkanes) is 1. The Bertz CT molecular complexity index is 364. The van der Waals surface area contributed by atoms with E-state index < -0.39 is 0 Å². The van der Waals surface area contributed by atoms with Crippen LogP contribution in [-0.4, -0.2) is 18.5 Å². The summed E-state index contributed by atoms with van der Waals surface area (Å²) < 4.78 is 12.6. The third-order valence-electron chi connectivity index (χ3n) is 7.02. The van der Waals surface area contributed by atoms with Crippen LogP contribution < -0.4 is 0 Å². The first kappa shape index (κ1) is 14.8. The third kappa shape index (κ3) is 1.98. The van der Waals surface area contributed by atoms with Crippen molar-refractivity contribution >= 4 is 0 Å². The maximum atomic E-state index is 6.39. The topological polar surface area (TPSA) is 18.5 Å². The molecule has 1 aliphatic heterocycles. The smallest absolute Gasteiger partial charge is 0.158 e. The van der Waals surface area contributed by atoms with Crippen molar-refractivity contribution in [2.24, 2.45) is 22.7 Å². The van der Waals surface area contributed by atoms with Gasteiger partial charge in [0.05, 0.1) is 12.2 Å². The molecule has 2 heteroatoms. The summed E-state index contributed by atoms with van der Waals surface area (Å²) in [5.41, 5.74) is 0.814. The van der Waals surface area contributed by atoms with Gasteiger partial charge in [0, 0.05) is 6.42 Å². The predicted octanol–water partition coefficient (Wildman–Crippen LogP) is 4.77. The lowest BCUT2D eigenvalue weighted by molar-refractivity contribution is -0.183. The molecular weight excluding hydrogens is 248 g/mol. The molecule has 0 N–H and O–H groups in total.